The molecule has 0 spiro atoms. The van der Waals surface area contributed by atoms with Crippen LogP contribution in [0.5, 0.6) is 0 Å². The third kappa shape index (κ3) is 0.817. The monoisotopic (exact) mass is 178 g/mol. The topological polar surface area (TPSA) is 20.2 Å². The molecule has 3 aliphatic rings. The zero-order valence-electron chi connectivity index (χ0n) is 8.40. The van der Waals surface area contributed by atoms with E-state index in [4.69, 9.17) is 0 Å². The molecule has 2 bridgehead atoms. The van der Waals surface area contributed by atoms with E-state index in [-0.39, 0.29) is 6.10 Å². The molecule has 0 aromatic heterocycles. The molecule has 2 fully saturated rings. The van der Waals surface area contributed by atoms with Crippen molar-refractivity contribution < 1.29 is 5.11 Å². The van der Waals surface area contributed by atoms with Gasteiger partial charge in [0, 0.05) is 0 Å². The Kier molecular flexibility index (Phi) is 1.48. The van der Waals surface area contributed by atoms with E-state index in [9.17, 15) is 5.11 Å². The lowest BCUT2D eigenvalue weighted by atomic mass is 9.73. The Bertz CT molecular complexity index is 268. The van der Waals surface area contributed by atoms with Crippen molar-refractivity contribution in [3.05, 3.63) is 11.6 Å². The second kappa shape index (κ2) is 2.38. The third-order valence-corrected chi connectivity index (χ3v) is 4.91. The molecule has 3 rings (SSSR count). The maximum atomic E-state index is 10.0. The van der Waals surface area contributed by atoms with Gasteiger partial charge >= 0.3 is 0 Å². The molecular formula is C12H18O. The first-order valence-electron chi connectivity index (χ1n) is 5.55. The number of fused-ring (bicyclic) bond motifs is 5. The molecule has 1 nitrogen and oxygen atoms in total. The van der Waals surface area contributed by atoms with E-state index in [1.54, 1.807) is 5.57 Å². The van der Waals surface area contributed by atoms with Crippen LogP contribution >= 0.6 is 0 Å². The van der Waals surface area contributed by atoms with Crippen LogP contribution in [-0.2, 0) is 0 Å². The zero-order valence-corrected chi connectivity index (χ0v) is 8.40. The van der Waals surface area contributed by atoms with E-state index < -0.39 is 0 Å². The van der Waals surface area contributed by atoms with Crippen LogP contribution in [0.4, 0.5) is 0 Å². The van der Waals surface area contributed by atoms with E-state index in [2.05, 4.69) is 19.9 Å². The Morgan fingerprint density at radius 1 is 1.31 bits per heavy atom. The molecule has 72 valence electrons. The highest BCUT2D eigenvalue weighted by atomic mass is 16.3. The van der Waals surface area contributed by atoms with Crippen molar-refractivity contribution in [1.29, 1.82) is 0 Å². The summed E-state index contributed by atoms with van der Waals surface area (Å²) >= 11 is 0. The minimum atomic E-state index is -0.00676. The summed E-state index contributed by atoms with van der Waals surface area (Å²) in [6.45, 7) is 4.49. The number of aliphatic hydroxyl groups is 1. The van der Waals surface area contributed by atoms with Crippen LogP contribution in [0.2, 0.25) is 0 Å². The predicted molar refractivity (Wildman–Crippen MR) is 52.1 cm³/mol. The quantitative estimate of drug-likeness (QED) is 0.564. The summed E-state index contributed by atoms with van der Waals surface area (Å²) in [5.41, 5.74) is 1.56. The van der Waals surface area contributed by atoms with Crippen LogP contribution in [0.25, 0.3) is 0 Å². The van der Waals surface area contributed by atoms with E-state index in [1.165, 1.54) is 12.8 Å². The lowest BCUT2D eigenvalue weighted by Crippen LogP contribution is -2.35. The van der Waals surface area contributed by atoms with Crippen LogP contribution in [0.15, 0.2) is 11.6 Å². The Labute approximate surface area is 79.8 Å². The molecule has 0 aromatic carbocycles. The van der Waals surface area contributed by atoms with Crippen molar-refractivity contribution in [3.63, 3.8) is 0 Å². The van der Waals surface area contributed by atoms with Gasteiger partial charge in [-0.2, -0.15) is 0 Å². The molecule has 0 aliphatic heterocycles. The van der Waals surface area contributed by atoms with Crippen molar-refractivity contribution in [3.8, 4) is 0 Å². The Hall–Kier alpha value is -0.300. The first-order chi connectivity index (χ1) is 6.20. The molecule has 1 N–H and O–H groups in total. The van der Waals surface area contributed by atoms with Crippen LogP contribution < -0.4 is 0 Å². The average Bonchev–Trinajstić information content (AvgIpc) is 2.70. The minimum Gasteiger partial charge on any atom is -0.393 e. The molecule has 0 amide bonds. The van der Waals surface area contributed by atoms with Crippen molar-refractivity contribution in [2.45, 2.75) is 32.8 Å². The van der Waals surface area contributed by atoms with E-state index in [1.807, 2.05) is 0 Å². The van der Waals surface area contributed by atoms with Gasteiger partial charge < -0.3 is 5.11 Å². The fourth-order valence-corrected chi connectivity index (χ4v) is 4.27. The maximum Gasteiger partial charge on any atom is 0.0602 e. The summed E-state index contributed by atoms with van der Waals surface area (Å²) in [6.07, 6.45) is 4.98. The molecule has 0 unspecified atom stereocenters. The Morgan fingerprint density at radius 3 is 2.85 bits per heavy atom. The van der Waals surface area contributed by atoms with Crippen LogP contribution in [0.3, 0.4) is 0 Å². The van der Waals surface area contributed by atoms with Gasteiger partial charge in [0.25, 0.3) is 0 Å². The molecule has 6 atom stereocenters. The molecule has 0 heterocycles. The molecule has 1 heteroatoms. The Balaban J connectivity index is 1.96. The van der Waals surface area contributed by atoms with Gasteiger partial charge in [0.2, 0.25) is 0 Å². The number of hydrogen-bond donors (Lipinski definition) is 1. The molecule has 0 radical (unpaired) electrons. The van der Waals surface area contributed by atoms with Gasteiger partial charge in [0.15, 0.2) is 0 Å². The predicted octanol–water partition coefficient (Wildman–Crippen LogP) is 2.22. The highest BCUT2D eigenvalue weighted by Crippen LogP contribution is 2.60. The van der Waals surface area contributed by atoms with Gasteiger partial charge in [-0.15, -0.1) is 0 Å². The fourth-order valence-electron chi connectivity index (χ4n) is 4.27. The van der Waals surface area contributed by atoms with Gasteiger partial charge in [-0.25, -0.2) is 0 Å². The van der Waals surface area contributed by atoms with Gasteiger partial charge in [0.05, 0.1) is 6.10 Å². The number of hydrogen-bond acceptors (Lipinski definition) is 1. The van der Waals surface area contributed by atoms with Crippen molar-refractivity contribution in [2.75, 3.05) is 0 Å². The van der Waals surface area contributed by atoms with Gasteiger partial charge in [0.1, 0.15) is 0 Å². The minimum absolute atomic E-state index is 0.00676. The van der Waals surface area contributed by atoms with Gasteiger partial charge in [-0.3, -0.25) is 0 Å². The summed E-state index contributed by atoms with van der Waals surface area (Å²) in [6, 6.07) is 0. The van der Waals surface area contributed by atoms with E-state index in [0.29, 0.717) is 11.8 Å². The van der Waals surface area contributed by atoms with Crippen LogP contribution in [0.1, 0.15) is 26.7 Å². The van der Waals surface area contributed by atoms with Gasteiger partial charge in [-0.05, 0) is 49.4 Å². The van der Waals surface area contributed by atoms with E-state index in [0.717, 1.165) is 17.8 Å². The zero-order chi connectivity index (χ0) is 9.16. The summed E-state index contributed by atoms with van der Waals surface area (Å²) < 4.78 is 0. The summed E-state index contributed by atoms with van der Waals surface area (Å²) in [5.74, 6) is 3.62. The van der Waals surface area contributed by atoms with Crippen molar-refractivity contribution in [2.24, 2.45) is 29.6 Å². The number of rotatable bonds is 0. The maximum absolute atomic E-state index is 10.0. The largest absolute Gasteiger partial charge is 0.393 e. The normalized spacial score (nSPS) is 58.2. The molecule has 0 saturated heterocycles. The average molecular weight is 178 g/mol. The molecule has 3 aliphatic carbocycles. The fraction of sp³-hybridized carbons (Fsp3) is 0.833. The SMILES string of the molecule is CC1=CC[C@H]2[C@@H]3C[C@@H]([C@@H](O)[C@@H]3C)[C@H]12. The highest BCUT2D eigenvalue weighted by Gasteiger charge is 2.57. The third-order valence-electron chi connectivity index (χ3n) is 4.91. The highest BCUT2D eigenvalue weighted by molar-refractivity contribution is 5.22. The summed E-state index contributed by atoms with van der Waals surface area (Å²) in [4.78, 5) is 0. The van der Waals surface area contributed by atoms with Crippen molar-refractivity contribution >= 4 is 0 Å². The Morgan fingerprint density at radius 2 is 2.08 bits per heavy atom. The molecule has 2 saturated carbocycles. The summed E-state index contributed by atoms with van der Waals surface area (Å²) in [7, 11) is 0. The lowest BCUT2D eigenvalue weighted by Gasteiger charge is -2.34. The molecule has 0 aromatic rings. The second-order valence-corrected chi connectivity index (χ2v) is 5.29. The molecular weight excluding hydrogens is 160 g/mol. The smallest absolute Gasteiger partial charge is 0.0602 e. The standard InChI is InChI=1S/C12H18O/c1-6-3-4-8-9-5-10(11(6)8)12(13)7(9)2/h3,7-13H,4-5H2,1-2H3/t7-,8+,9-,10-,11-,12+/m1/s1. The lowest BCUT2D eigenvalue weighted by molar-refractivity contribution is 0.0263. The number of allylic oxidation sites excluding steroid dienone is 2. The summed E-state index contributed by atoms with van der Waals surface area (Å²) in [5, 5.41) is 10.0. The first-order valence-corrected chi connectivity index (χ1v) is 5.55. The molecule has 13 heavy (non-hydrogen) atoms. The number of aliphatic hydroxyl groups excluding tert-OH is 1. The van der Waals surface area contributed by atoms with E-state index >= 15 is 0 Å². The van der Waals surface area contributed by atoms with Crippen LogP contribution in [0, 0.1) is 29.6 Å². The van der Waals surface area contributed by atoms with Crippen molar-refractivity contribution in [1.82, 2.24) is 0 Å². The first kappa shape index (κ1) is 8.05. The van der Waals surface area contributed by atoms with Crippen LogP contribution in [-0.4, -0.2) is 11.2 Å². The second-order valence-electron chi connectivity index (χ2n) is 5.29. The van der Waals surface area contributed by atoms with Gasteiger partial charge in [-0.1, -0.05) is 18.6 Å².